The van der Waals surface area contributed by atoms with Crippen molar-refractivity contribution in [2.75, 3.05) is 31.6 Å². The minimum atomic E-state index is -0.00941. The molecule has 0 aliphatic carbocycles. The fourth-order valence-electron chi connectivity index (χ4n) is 1.54. The molecule has 0 saturated heterocycles. The first kappa shape index (κ1) is 14.3. The highest BCUT2D eigenvalue weighted by molar-refractivity contribution is 5.76. The number of ether oxygens (including phenoxy) is 1. The van der Waals surface area contributed by atoms with Gasteiger partial charge < -0.3 is 25.3 Å². The topological polar surface area (TPSA) is 93.5 Å². The Bertz CT molecular complexity index is 598. The quantitative estimate of drug-likeness (QED) is 0.710. The van der Waals surface area contributed by atoms with Gasteiger partial charge in [-0.15, -0.1) is 0 Å². The van der Waals surface area contributed by atoms with Crippen molar-refractivity contribution in [2.45, 2.75) is 0 Å². The number of oxazole rings is 1. The Morgan fingerprint density at radius 1 is 1.55 bits per heavy atom. The Morgan fingerprint density at radius 2 is 2.40 bits per heavy atom. The number of rotatable bonds is 7. The lowest BCUT2D eigenvalue weighted by molar-refractivity contribution is 0.310. The van der Waals surface area contributed by atoms with Gasteiger partial charge in [-0.2, -0.15) is 4.98 Å². The van der Waals surface area contributed by atoms with E-state index in [4.69, 9.17) is 20.0 Å². The molecule has 1 aromatic heterocycles. The maximum atomic E-state index is 12.4. The van der Waals surface area contributed by atoms with Gasteiger partial charge in [0.05, 0.1) is 12.9 Å². The predicted octanol–water partition coefficient (Wildman–Crippen LogP) is 1.42. The van der Waals surface area contributed by atoms with Crippen molar-refractivity contribution in [3.05, 3.63) is 30.1 Å². The molecule has 20 heavy (non-hydrogen) atoms. The third-order valence-corrected chi connectivity index (χ3v) is 2.59. The molecule has 108 valence electrons. The van der Waals surface area contributed by atoms with Crippen LogP contribution in [0.25, 0.3) is 11.1 Å². The zero-order valence-electron chi connectivity index (χ0n) is 10.8. The van der Waals surface area contributed by atoms with E-state index in [2.05, 4.69) is 10.3 Å². The summed E-state index contributed by atoms with van der Waals surface area (Å²) in [6, 6.07) is 5.45. The van der Waals surface area contributed by atoms with Gasteiger partial charge in [0.2, 0.25) is 0 Å². The van der Waals surface area contributed by atoms with Crippen molar-refractivity contribution in [2.24, 2.45) is 5.73 Å². The summed E-state index contributed by atoms with van der Waals surface area (Å²) < 4.78 is 23.2. The third-order valence-electron chi connectivity index (χ3n) is 2.59. The van der Waals surface area contributed by atoms with E-state index in [1.54, 1.807) is 18.2 Å². The molecule has 0 saturated carbocycles. The maximum Gasteiger partial charge on any atom is 0.295 e. The molecule has 2 rings (SSSR count). The summed E-state index contributed by atoms with van der Waals surface area (Å²) in [5, 5.41) is 11.5. The molecule has 1 aromatic carbocycles. The number of aliphatic hydroxyl groups excluding tert-OH is 1. The summed E-state index contributed by atoms with van der Waals surface area (Å²) in [6.45, 7) is 0.542. The Labute approximate surface area is 115 Å². The highest BCUT2D eigenvalue weighted by Crippen LogP contribution is 2.24. The van der Waals surface area contributed by atoms with Crippen molar-refractivity contribution in [1.29, 1.82) is 0 Å². The van der Waals surface area contributed by atoms with E-state index >= 15 is 0 Å². The summed E-state index contributed by atoms with van der Waals surface area (Å²) >= 11 is 0. The zero-order chi connectivity index (χ0) is 14.4. The molecule has 2 aromatic rings. The second-order valence-corrected chi connectivity index (χ2v) is 4.06. The number of nitrogens with one attached hydrogen (secondary N) is 1. The number of aliphatic hydroxyl groups is 1. The van der Waals surface area contributed by atoms with Crippen LogP contribution in [0.4, 0.5) is 10.4 Å². The van der Waals surface area contributed by atoms with E-state index in [1.165, 1.54) is 0 Å². The maximum absolute atomic E-state index is 12.4. The van der Waals surface area contributed by atoms with Crippen molar-refractivity contribution in [3.8, 4) is 5.75 Å². The predicted molar refractivity (Wildman–Crippen MR) is 73.3 cm³/mol. The monoisotopic (exact) mass is 281 g/mol. The Morgan fingerprint density at radius 3 is 3.10 bits per heavy atom. The van der Waals surface area contributed by atoms with Gasteiger partial charge in [-0.05, 0) is 12.1 Å². The van der Waals surface area contributed by atoms with Gasteiger partial charge in [-0.25, -0.2) is 4.39 Å². The molecule has 0 bridgehead atoms. The van der Waals surface area contributed by atoms with Crippen molar-refractivity contribution in [3.63, 3.8) is 0 Å². The van der Waals surface area contributed by atoms with Gasteiger partial charge in [0.1, 0.15) is 17.9 Å². The molecule has 7 heteroatoms. The molecule has 0 aliphatic rings. The summed E-state index contributed by atoms with van der Waals surface area (Å²) in [7, 11) is 0. The number of hydrogen-bond donors (Lipinski definition) is 3. The fraction of sp³-hybridized carbons (Fsp3) is 0.308. The number of hydrogen-bond acceptors (Lipinski definition) is 6. The van der Waals surface area contributed by atoms with Gasteiger partial charge in [0, 0.05) is 24.7 Å². The average Bonchev–Trinajstić information content (AvgIpc) is 2.88. The van der Waals surface area contributed by atoms with Gasteiger partial charge in [-0.1, -0.05) is 0 Å². The smallest absolute Gasteiger partial charge is 0.295 e. The summed E-state index contributed by atoms with van der Waals surface area (Å²) in [5.74, 6) is 0.537. The molecular formula is C13H16FN3O3. The average molecular weight is 281 g/mol. The van der Waals surface area contributed by atoms with Crippen LogP contribution in [0.1, 0.15) is 0 Å². The van der Waals surface area contributed by atoms with Crippen LogP contribution >= 0.6 is 0 Å². The largest absolute Gasteiger partial charge is 0.489 e. The normalized spacial score (nSPS) is 11.8. The number of nitrogens with zero attached hydrogens (tertiary/aromatic N) is 1. The first-order valence-corrected chi connectivity index (χ1v) is 6.13. The van der Waals surface area contributed by atoms with E-state index < -0.39 is 0 Å². The molecule has 6 nitrogen and oxygen atoms in total. The highest BCUT2D eigenvalue weighted by Gasteiger charge is 2.07. The molecule has 0 fully saturated rings. The minimum absolute atomic E-state index is 0.00941. The minimum Gasteiger partial charge on any atom is -0.489 e. The number of nitrogens with two attached hydrogens (primary N) is 1. The Kier molecular flexibility index (Phi) is 4.91. The van der Waals surface area contributed by atoms with E-state index in [1.807, 2.05) is 0 Å². The van der Waals surface area contributed by atoms with Crippen LogP contribution in [-0.4, -0.2) is 36.4 Å². The summed E-state index contributed by atoms with van der Waals surface area (Å²) in [5.41, 5.74) is 6.92. The van der Waals surface area contributed by atoms with E-state index in [-0.39, 0.29) is 19.8 Å². The Balaban J connectivity index is 2.08. The molecule has 0 spiro atoms. The number of anilines is 1. The molecule has 0 aliphatic heterocycles. The molecule has 0 unspecified atom stereocenters. The van der Waals surface area contributed by atoms with Gasteiger partial charge in [0.15, 0.2) is 5.58 Å². The zero-order valence-corrected chi connectivity index (χ0v) is 10.8. The number of halogens is 1. The van der Waals surface area contributed by atoms with Crippen LogP contribution in [0, 0.1) is 0 Å². The van der Waals surface area contributed by atoms with Crippen molar-refractivity contribution in [1.82, 2.24) is 4.98 Å². The lowest BCUT2D eigenvalue weighted by Gasteiger charge is -2.06. The highest BCUT2D eigenvalue weighted by atomic mass is 19.1. The number of fused-ring (bicyclic) bond motifs is 1. The number of aromatic nitrogens is 1. The van der Waals surface area contributed by atoms with Gasteiger partial charge in [0.25, 0.3) is 6.01 Å². The second-order valence-electron chi connectivity index (χ2n) is 4.06. The van der Waals surface area contributed by atoms with E-state index in [0.29, 0.717) is 41.3 Å². The molecule has 0 amide bonds. The van der Waals surface area contributed by atoms with Crippen molar-refractivity contribution < 1.29 is 18.7 Å². The molecule has 4 N–H and O–H groups in total. The first-order chi connectivity index (χ1) is 9.76. The van der Waals surface area contributed by atoms with Crippen LogP contribution in [0.2, 0.25) is 0 Å². The van der Waals surface area contributed by atoms with Crippen LogP contribution in [0.3, 0.4) is 0 Å². The van der Waals surface area contributed by atoms with Gasteiger partial charge >= 0.3 is 0 Å². The molecule has 0 radical (unpaired) electrons. The van der Waals surface area contributed by atoms with Crippen molar-refractivity contribution >= 4 is 17.1 Å². The van der Waals surface area contributed by atoms with Crippen LogP contribution in [0.15, 0.2) is 34.5 Å². The summed E-state index contributed by atoms with van der Waals surface area (Å²) in [6.07, 6.45) is 0.448. The first-order valence-electron chi connectivity index (χ1n) is 6.13. The molecular weight excluding hydrogens is 265 g/mol. The van der Waals surface area contributed by atoms with E-state index in [9.17, 15) is 4.39 Å². The van der Waals surface area contributed by atoms with Gasteiger partial charge in [-0.3, -0.25) is 0 Å². The fourth-order valence-corrected chi connectivity index (χ4v) is 1.54. The second kappa shape index (κ2) is 6.88. The Hall–Kier alpha value is -2.12. The lowest BCUT2D eigenvalue weighted by Crippen LogP contribution is -2.10. The molecule has 1 heterocycles. The summed E-state index contributed by atoms with van der Waals surface area (Å²) in [4.78, 5) is 4.18. The van der Waals surface area contributed by atoms with E-state index in [0.717, 1.165) is 0 Å². The SMILES string of the molecule is NC/C(=C\F)COc1ccc2nc(NCCO)oc2c1. The standard InChI is InChI=1S/C13H16FN3O3/c14-6-9(7-15)8-19-10-1-2-11-12(5-10)20-13(17-11)16-3-4-18/h1-2,5-6,18H,3-4,7-8,15H2,(H,16,17)/b9-6+. The number of benzene rings is 1. The lowest BCUT2D eigenvalue weighted by atomic mass is 10.3. The third kappa shape index (κ3) is 3.46. The van der Waals surface area contributed by atoms with Crippen LogP contribution in [-0.2, 0) is 0 Å². The van der Waals surface area contributed by atoms with Crippen LogP contribution < -0.4 is 15.8 Å². The molecule has 0 atom stereocenters. The van der Waals surface area contributed by atoms with Crippen LogP contribution in [0.5, 0.6) is 5.75 Å².